The first kappa shape index (κ1) is 20.6. The Labute approximate surface area is 185 Å². The lowest BCUT2D eigenvalue weighted by Gasteiger charge is -2.07. The van der Waals surface area contributed by atoms with Gasteiger partial charge in [0.15, 0.2) is 11.0 Å². The van der Waals surface area contributed by atoms with E-state index in [0.717, 1.165) is 27.9 Å². The van der Waals surface area contributed by atoms with Crippen LogP contribution in [0.2, 0.25) is 0 Å². The second-order valence-corrected chi connectivity index (χ2v) is 7.90. The first-order valence-electron chi connectivity index (χ1n) is 9.90. The van der Waals surface area contributed by atoms with E-state index in [1.54, 1.807) is 17.8 Å². The van der Waals surface area contributed by atoms with Crippen LogP contribution in [0.15, 0.2) is 96.2 Å². The van der Waals surface area contributed by atoms with Crippen molar-refractivity contribution in [2.24, 2.45) is 7.05 Å². The van der Waals surface area contributed by atoms with Crippen molar-refractivity contribution in [2.45, 2.75) is 10.9 Å². The predicted octanol–water partition coefficient (Wildman–Crippen LogP) is 5.43. The summed E-state index contributed by atoms with van der Waals surface area (Å²) < 4.78 is 1.98. The highest BCUT2D eigenvalue weighted by Crippen LogP contribution is 2.26. The van der Waals surface area contributed by atoms with E-state index in [1.165, 1.54) is 11.6 Å². The standard InChI is InChI=1S/C25H22N4OS/c1-29-24(27-28-25(29)31-18-20-11-6-3-7-12-20)21-13-8-14-22(17-21)26-23(30)16-15-19-9-4-2-5-10-19/h2-17H,18H2,1H3,(H,26,30). The zero-order valence-corrected chi connectivity index (χ0v) is 17.9. The summed E-state index contributed by atoms with van der Waals surface area (Å²) >= 11 is 1.65. The summed E-state index contributed by atoms with van der Waals surface area (Å²) in [5, 5.41) is 12.5. The van der Waals surface area contributed by atoms with Gasteiger partial charge >= 0.3 is 0 Å². The number of hydrogen-bond donors (Lipinski definition) is 1. The number of benzene rings is 3. The lowest BCUT2D eigenvalue weighted by Crippen LogP contribution is -2.07. The first-order chi connectivity index (χ1) is 15.2. The molecule has 0 saturated heterocycles. The van der Waals surface area contributed by atoms with Crippen molar-refractivity contribution >= 4 is 29.4 Å². The number of thioether (sulfide) groups is 1. The molecule has 3 aromatic carbocycles. The molecule has 0 saturated carbocycles. The molecule has 1 N–H and O–H groups in total. The van der Waals surface area contributed by atoms with Crippen LogP contribution in [0.4, 0.5) is 5.69 Å². The minimum Gasteiger partial charge on any atom is -0.322 e. The average molecular weight is 427 g/mol. The Morgan fingerprint density at radius 2 is 1.71 bits per heavy atom. The molecule has 31 heavy (non-hydrogen) atoms. The minimum atomic E-state index is -0.182. The van der Waals surface area contributed by atoms with Gasteiger partial charge in [-0.1, -0.05) is 84.6 Å². The van der Waals surface area contributed by atoms with Crippen LogP contribution in [-0.2, 0) is 17.6 Å². The van der Waals surface area contributed by atoms with Gasteiger partial charge in [0.25, 0.3) is 0 Å². The van der Waals surface area contributed by atoms with E-state index in [9.17, 15) is 4.79 Å². The van der Waals surface area contributed by atoms with Gasteiger partial charge in [-0.05, 0) is 29.3 Å². The Hall–Kier alpha value is -3.64. The normalized spacial score (nSPS) is 11.0. The molecule has 0 unspecified atom stereocenters. The molecule has 154 valence electrons. The van der Waals surface area contributed by atoms with Gasteiger partial charge < -0.3 is 9.88 Å². The quantitative estimate of drug-likeness (QED) is 0.316. The molecule has 4 aromatic rings. The van der Waals surface area contributed by atoms with Crippen molar-refractivity contribution in [3.05, 3.63) is 102 Å². The number of carbonyl (C=O) groups excluding carboxylic acids is 1. The molecular formula is C25H22N4OS. The van der Waals surface area contributed by atoms with Crippen LogP contribution in [0, 0.1) is 0 Å². The van der Waals surface area contributed by atoms with E-state index >= 15 is 0 Å². The Kier molecular flexibility index (Phi) is 6.59. The summed E-state index contributed by atoms with van der Waals surface area (Å²) in [5.74, 6) is 1.40. The lowest BCUT2D eigenvalue weighted by atomic mass is 10.2. The topological polar surface area (TPSA) is 59.8 Å². The van der Waals surface area contributed by atoms with E-state index in [-0.39, 0.29) is 5.91 Å². The number of anilines is 1. The summed E-state index contributed by atoms with van der Waals surface area (Å²) in [6.45, 7) is 0. The Morgan fingerprint density at radius 1 is 0.968 bits per heavy atom. The van der Waals surface area contributed by atoms with Crippen LogP contribution in [0.5, 0.6) is 0 Å². The van der Waals surface area contributed by atoms with Gasteiger partial charge in [0.2, 0.25) is 5.91 Å². The maximum atomic E-state index is 12.3. The van der Waals surface area contributed by atoms with Gasteiger partial charge in [-0.2, -0.15) is 0 Å². The minimum absolute atomic E-state index is 0.182. The highest BCUT2D eigenvalue weighted by Gasteiger charge is 2.12. The van der Waals surface area contributed by atoms with E-state index in [1.807, 2.05) is 84.4 Å². The lowest BCUT2D eigenvalue weighted by molar-refractivity contribution is -0.111. The summed E-state index contributed by atoms with van der Waals surface area (Å²) in [6, 6.07) is 27.6. The number of aromatic nitrogens is 3. The number of amides is 1. The van der Waals surface area contributed by atoms with Crippen molar-refractivity contribution in [3.63, 3.8) is 0 Å². The molecule has 1 aromatic heterocycles. The molecule has 4 rings (SSSR count). The largest absolute Gasteiger partial charge is 0.322 e. The van der Waals surface area contributed by atoms with Gasteiger partial charge in [0, 0.05) is 30.1 Å². The molecule has 0 aliphatic heterocycles. The average Bonchev–Trinajstić information content (AvgIpc) is 3.18. The van der Waals surface area contributed by atoms with Crippen molar-refractivity contribution in [2.75, 3.05) is 5.32 Å². The molecule has 0 atom stereocenters. The van der Waals surface area contributed by atoms with Gasteiger partial charge in [-0.15, -0.1) is 10.2 Å². The third-order valence-corrected chi connectivity index (χ3v) is 5.75. The number of nitrogens with one attached hydrogen (secondary N) is 1. The first-order valence-corrected chi connectivity index (χ1v) is 10.9. The maximum Gasteiger partial charge on any atom is 0.248 e. The second-order valence-electron chi connectivity index (χ2n) is 6.95. The van der Waals surface area contributed by atoms with Gasteiger partial charge in [0.1, 0.15) is 0 Å². The van der Waals surface area contributed by atoms with Gasteiger partial charge in [0.05, 0.1) is 0 Å². The number of hydrogen-bond acceptors (Lipinski definition) is 4. The number of rotatable bonds is 7. The fourth-order valence-electron chi connectivity index (χ4n) is 3.07. The zero-order valence-electron chi connectivity index (χ0n) is 17.1. The molecule has 0 aliphatic rings. The van der Waals surface area contributed by atoms with E-state index < -0.39 is 0 Å². The van der Waals surface area contributed by atoms with Crippen LogP contribution < -0.4 is 5.32 Å². The predicted molar refractivity (Wildman–Crippen MR) is 127 cm³/mol. The van der Waals surface area contributed by atoms with Crippen LogP contribution in [0.3, 0.4) is 0 Å². The summed E-state index contributed by atoms with van der Waals surface area (Å²) in [5.41, 5.74) is 3.82. The molecule has 6 heteroatoms. The van der Waals surface area contributed by atoms with Crippen LogP contribution >= 0.6 is 11.8 Å². The summed E-state index contributed by atoms with van der Waals surface area (Å²) in [7, 11) is 1.95. The highest BCUT2D eigenvalue weighted by molar-refractivity contribution is 7.98. The van der Waals surface area contributed by atoms with Crippen molar-refractivity contribution in [3.8, 4) is 11.4 Å². The molecule has 1 amide bonds. The maximum absolute atomic E-state index is 12.3. The van der Waals surface area contributed by atoms with E-state index in [2.05, 4.69) is 27.6 Å². The third-order valence-electron chi connectivity index (χ3n) is 4.66. The zero-order chi connectivity index (χ0) is 21.5. The monoisotopic (exact) mass is 426 g/mol. The van der Waals surface area contributed by atoms with E-state index in [4.69, 9.17) is 0 Å². The SMILES string of the molecule is Cn1c(SCc2ccccc2)nnc1-c1cccc(NC(=O)C=Cc2ccccc2)c1. The van der Waals surface area contributed by atoms with Crippen LogP contribution in [-0.4, -0.2) is 20.7 Å². The van der Waals surface area contributed by atoms with Crippen molar-refractivity contribution in [1.29, 1.82) is 0 Å². The highest BCUT2D eigenvalue weighted by atomic mass is 32.2. The Balaban J connectivity index is 1.44. The number of carbonyl (C=O) groups is 1. The molecule has 5 nitrogen and oxygen atoms in total. The number of nitrogens with zero attached hydrogens (tertiary/aromatic N) is 3. The Bertz CT molecular complexity index is 1190. The smallest absolute Gasteiger partial charge is 0.248 e. The molecule has 1 heterocycles. The summed E-state index contributed by atoms with van der Waals surface area (Å²) in [4.78, 5) is 12.3. The van der Waals surface area contributed by atoms with Crippen LogP contribution in [0.25, 0.3) is 17.5 Å². The van der Waals surface area contributed by atoms with Gasteiger partial charge in [-0.3, -0.25) is 4.79 Å². The van der Waals surface area contributed by atoms with Crippen molar-refractivity contribution in [1.82, 2.24) is 14.8 Å². The van der Waals surface area contributed by atoms with Gasteiger partial charge in [-0.25, -0.2) is 0 Å². The third kappa shape index (κ3) is 5.49. The molecule has 0 spiro atoms. The van der Waals surface area contributed by atoms with Crippen LogP contribution in [0.1, 0.15) is 11.1 Å². The molecule has 0 bridgehead atoms. The summed E-state index contributed by atoms with van der Waals surface area (Å²) in [6.07, 6.45) is 3.32. The fraction of sp³-hybridized carbons (Fsp3) is 0.0800. The second kappa shape index (κ2) is 9.91. The molecule has 0 aliphatic carbocycles. The molecular weight excluding hydrogens is 404 g/mol. The van der Waals surface area contributed by atoms with Crippen molar-refractivity contribution < 1.29 is 4.79 Å². The molecule has 0 fully saturated rings. The van der Waals surface area contributed by atoms with E-state index in [0.29, 0.717) is 5.69 Å². The Morgan fingerprint density at radius 3 is 2.48 bits per heavy atom. The fourth-order valence-corrected chi connectivity index (χ4v) is 3.94. The molecule has 0 radical (unpaired) electrons.